The van der Waals surface area contributed by atoms with Crippen LogP contribution >= 0.6 is 0 Å². The minimum absolute atomic E-state index is 0.181. The van der Waals surface area contributed by atoms with Gasteiger partial charge in [-0.15, -0.1) is 0 Å². The Morgan fingerprint density at radius 1 is 1.27 bits per heavy atom. The molecule has 1 rings (SSSR count). The van der Waals surface area contributed by atoms with Gasteiger partial charge in [0.1, 0.15) is 6.04 Å². The van der Waals surface area contributed by atoms with Gasteiger partial charge in [0, 0.05) is 6.20 Å². The fourth-order valence-corrected chi connectivity index (χ4v) is 2.43. The van der Waals surface area contributed by atoms with Crippen LogP contribution in [0, 0.1) is 5.92 Å². The lowest BCUT2D eigenvalue weighted by Gasteiger charge is -2.19. The van der Waals surface area contributed by atoms with Crippen molar-refractivity contribution in [3.05, 3.63) is 28.7 Å². The van der Waals surface area contributed by atoms with E-state index in [2.05, 4.69) is 6.92 Å². The Kier molecular flexibility index (Phi) is 7.71. The summed E-state index contributed by atoms with van der Waals surface area (Å²) >= 11 is 0. The molecule has 5 nitrogen and oxygen atoms in total. The molecule has 124 valence electrons. The largest absolute Gasteiger partial charge is 0.488 e. The number of hydrogen-bond donors (Lipinski definition) is 1. The highest BCUT2D eigenvalue weighted by Crippen LogP contribution is 2.17. The molecule has 0 bridgehead atoms. The van der Waals surface area contributed by atoms with Crippen molar-refractivity contribution in [3.63, 3.8) is 0 Å². The van der Waals surface area contributed by atoms with E-state index in [-0.39, 0.29) is 17.2 Å². The molecule has 1 N–H and O–H groups in total. The van der Waals surface area contributed by atoms with Crippen LogP contribution in [0.4, 0.5) is 0 Å². The smallest absolute Gasteiger partial charge is 0.327 e. The Morgan fingerprint density at radius 3 is 2.55 bits per heavy atom. The number of pyridine rings is 1. The summed E-state index contributed by atoms with van der Waals surface area (Å²) in [6.07, 6.45) is 7.07. The summed E-state index contributed by atoms with van der Waals surface area (Å²) in [5.41, 5.74) is -0.378. The Bertz CT molecular complexity index is 522. The zero-order valence-electron chi connectivity index (χ0n) is 13.7. The Labute approximate surface area is 131 Å². The van der Waals surface area contributed by atoms with Crippen LogP contribution in [-0.2, 0) is 4.79 Å². The molecular formula is C17H27NO4. The second kappa shape index (κ2) is 9.28. The monoisotopic (exact) mass is 309 g/mol. The normalized spacial score (nSPS) is 12.4. The fourth-order valence-electron chi connectivity index (χ4n) is 2.43. The quantitative estimate of drug-likeness (QED) is 0.672. The van der Waals surface area contributed by atoms with Crippen LogP contribution < -0.4 is 10.3 Å². The molecule has 0 fully saturated rings. The van der Waals surface area contributed by atoms with Crippen molar-refractivity contribution in [2.24, 2.45) is 5.92 Å². The van der Waals surface area contributed by atoms with Gasteiger partial charge in [-0.1, -0.05) is 46.5 Å². The molecule has 1 aromatic heterocycles. The van der Waals surface area contributed by atoms with Crippen molar-refractivity contribution < 1.29 is 14.6 Å². The van der Waals surface area contributed by atoms with Crippen molar-refractivity contribution in [2.45, 2.75) is 58.9 Å². The Morgan fingerprint density at radius 2 is 1.95 bits per heavy atom. The van der Waals surface area contributed by atoms with Crippen molar-refractivity contribution in [1.82, 2.24) is 4.57 Å². The summed E-state index contributed by atoms with van der Waals surface area (Å²) in [7, 11) is 0. The Balaban J connectivity index is 2.72. The number of carboxylic acids is 1. The number of carbonyl (C=O) groups is 1. The lowest BCUT2D eigenvalue weighted by molar-refractivity contribution is -0.142. The number of aromatic nitrogens is 1. The molecule has 0 aliphatic carbocycles. The van der Waals surface area contributed by atoms with Crippen molar-refractivity contribution >= 4 is 5.97 Å². The number of carboxylic acid groups (broad SMARTS) is 1. The van der Waals surface area contributed by atoms with Gasteiger partial charge in [-0.3, -0.25) is 9.36 Å². The molecule has 1 atom stereocenters. The standard InChI is InChI=1S/C17H27NO4/c1-4-5-6-7-8-12-22-14-10-9-11-18(16(14)19)15(13(2)3)17(20)21/h9-11,13,15H,4-8,12H2,1-3H3,(H,20,21). The lowest BCUT2D eigenvalue weighted by Crippen LogP contribution is -2.33. The molecule has 0 aromatic carbocycles. The summed E-state index contributed by atoms with van der Waals surface area (Å²) in [6, 6.07) is 2.39. The molecule has 0 radical (unpaired) electrons. The Hall–Kier alpha value is -1.78. The molecule has 1 aromatic rings. The van der Waals surface area contributed by atoms with Gasteiger partial charge in [-0.05, 0) is 24.5 Å². The van der Waals surface area contributed by atoms with Crippen molar-refractivity contribution in [3.8, 4) is 5.75 Å². The molecule has 0 saturated heterocycles. The van der Waals surface area contributed by atoms with E-state index in [4.69, 9.17) is 4.74 Å². The minimum Gasteiger partial charge on any atom is -0.488 e. The van der Waals surface area contributed by atoms with Crippen LogP contribution in [0.5, 0.6) is 5.75 Å². The van der Waals surface area contributed by atoms with E-state index in [9.17, 15) is 14.7 Å². The van der Waals surface area contributed by atoms with Crippen LogP contribution in [0.1, 0.15) is 58.9 Å². The molecule has 0 aliphatic rings. The number of ether oxygens (including phenoxy) is 1. The average molecular weight is 309 g/mol. The van der Waals surface area contributed by atoms with Crippen LogP contribution in [0.15, 0.2) is 23.1 Å². The highest BCUT2D eigenvalue weighted by Gasteiger charge is 2.25. The molecule has 0 amide bonds. The van der Waals surface area contributed by atoms with E-state index >= 15 is 0 Å². The zero-order chi connectivity index (χ0) is 16.5. The molecule has 1 heterocycles. The van der Waals surface area contributed by atoms with Gasteiger partial charge < -0.3 is 9.84 Å². The number of aliphatic carboxylic acids is 1. The summed E-state index contributed by atoms with van der Waals surface area (Å²) in [4.78, 5) is 23.7. The van der Waals surface area contributed by atoms with Gasteiger partial charge in [0.25, 0.3) is 5.56 Å². The average Bonchev–Trinajstić information content (AvgIpc) is 2.45. The molecule has 0 spiro atoms. The third kappa shape index (κ3) is 5.20. The maximum atomic E-state index is 12.4. The first-order valence-corrected chi connectivity index (χ1v) is 8.05. The van der Waals surface area contributed by atoms with Gasteiger partial charge in [0.05, 0.1) is 6.61 Å². The topological polar surface area (TPSA) is 68.5 Å². The number of rotatable bonds is 10. The minimum atomic E-state index is -1.01. The van der Waals surface area contributed by atoms with Crippen LogP contribution in [-0.4, -0.2) is 22.2 Å². The van der Waals surface area contributed by atoms with E-state index in [0.29, 0.717) is 6.61 Å². The lowest BCUT2D eigenvalue weighted by atomic mass is 10.0. The van der Waals surface area contributed by atoms with Gasteiger partial charge in [0.15, 0.2) is 5.75 Å². The third-order valence-electron chi connectivity index (χ3n) is 3.63. The third-order valence-corrected chi connectivity index (χ3v) is 3.63. The summed E-state index contributed by atoms with van der Waals surface area (Å²) < 4.78 is 6.79. The highest BCUT2D eigenvalue weighted by molar-refractivity contribution is 5.72. The molecule has 22 heavy (non-hydrogen) atoms. The van der Waals surface area contributed by atoms with E-state index in [1.807, 2.05) is 0 Å². The van der Waals surface area contributed by atoms with Crippen molar-refractivity contribution in [1.29, 1.82) is 0 Å². The predicted molar refractivity (Wildman–Crippen MR) is 86.5 cm³/mol. The summed E-state index contributed by atoms with van der Waals surface area (Å²) in [6.45, 7) is 6.22. The maximum absolute atomic E-state index is 12.4. The zero-order valence-corrected chi connectivity index (χ0v) is 13.7. The maximum Gasteiger partial charge on any atom is 0.327 e. The molecule has 1 unspecified atom stereocenters. The summed E-state index contributed by atoms with van der Waals surface area (Å²) in [5.74, 6) is -0.960. The van der Waals surface area contributed by atoms with E-state index in [1.165, 1.54) is 30.0 Å². The second-order valence-corrected chi connectivity index (χ2v) is 5.87. The van der Waals surface area contributed by atoms with E-state index < -0.39 is 12.0 Å². The van der Waals surface area contributed by atoms with Crippen LogP contribution in [0.3, 0.4) is 0 Å². The number of unbranched alkanes of at least 4 members (excludes halogenated alkanes) is 4. The van der Waals surface area contributed by atoms with E-state index in [0.717, 1.165) is 12.8 Å². The second-order valence-electron chi connectivity index (χ2n) is 5.87. The predicted octanol–water partition coefficient (Wildman–Crippen LogP) is 3.48. The number of nitrogens with zero attached hydrogens (tertiary/aromatic N) is 1. The van der Waals surface area contributed by atoms with Crippen LogP contribution in [0.2, 0.25) is 0 Å². The number of hydrogen-bond acceptors (Lipinski definition) is 3. The van der Waals surface area contributed by atoms with E-state index in [1.54, 1.807) is 26.0 Å². The first-order valence-electron chi connectivity index (χ1n) is 8.05. The molecule has 0 saturated carbocycles. The first-order chi connectivity index (χ1) is 10.5. The molecular weight excluding hydrogens is 282 g/mol. The highest BCUT2D eigenvalue weighted by atomic mass is 16.5. The summed E-state index contributed by atoms with van der Waals surface area (Å²) in [5, 5.41) is 9.31. The molecule has 5 heteroatoms. The van der Waals surface area contributed by atoms with Gasteiger partial charge >= 0.3 is 5.97 Å². The van der Waals surface area contributed by atoms with Crippen LogP contribution in [0.25, 0.3) is 0 Å². The van der Waals surface area contributed by atoms with Gasteiger partial charge in [-0.2, -0.15) is 0 Å². The molecule has 0 aliphatic heterocycles. The first kappa shape index (κ1) is 18.3. The fraction of sp³-hybridized carbons (Fsp3) is 0.647. The van der Waals surface area contributed by atoms with Gasteiger partial charge in [-0.25, -0.2) is 4.79 Å². The van der Waals surface area contributed by atoms with Gasteiger partial charge in [0.2, 0.25) is 0 Å². The van der Waals surface area contributed by atoms with Crippen molar-refractivity contribution in [2.75, 3.05) is 6.61 Å². The SMILES string of the molecule is CCCCCCCOc1cccn(C(C(=O)O)C(C)C)c1=O.